The van der Waals surface area contributed by atoms with E-state index < -0.39 is 5.79 Å². The topological polar surface area (TPSA) is 29.5 Å². The Kier molecular flexibility index (Phi) is 3.46. The predicted molar refractivity (Wildman–Crippen MR) is 68.6 cm³/mol. The van der Waals surface area contributed by atoms with E-state index in [-0.39, 0.29) is 12.0 Å². The maximum absolute atomic E-state index is 10.1. The Morgan fingerprint density at radius 1 is 1.12 bits per heavy atom. The van der Waals surface area contributed by atoms with Crippen LogP contribution >= 0.6 is 0 Å². The Labute approximate surface area is 102 Å². The van der Waals surface area contributed by atoms with Gasteiger partial charge in [0.25, 0.3) is 0 Å². The first-order valence-electron chi connectivity index (χ1n) is 5.93. The Balaban J connectivity index is 2.11. The van der Waals surface area contributed by atoms with Gasteiger partial charge in [-0.3, -0.25) is 0 Å². The highest BCUT2D eigenvalue weighted by Gasteiger charge is 2.25. The zero-order valence-corrected chi connectivity index (χ0v) is 10.2. The fourth-order valence-corrected chi connectivity index (χ4v) is 1.96. The third-order valence-electron chi connectivity index (χ3n) is 2.69. The van der Waals surface area contributed by atoms with E-state index >= 15 is 0 Å². The highest BCUT2D eigenvalue weighted by molar-refractivity contribution is 5.33. The molecule has 0 bridgehead atoms. The number of ether oxygens (including phenoxy) is 1. The fraction of sp³-hybridized carbons (Fsp3) is 0.333. The van der Waals surface area contributed by atoms with Crippen LogP contribution in [0.4, 0.5) is 0 Å². The van der Waals surface area contributed by atoms with Gasteiger partial charge in [-0.1, -0.05) is 42.5 Å². The molecule has 0 saturated heterocycles. The highest BCUT2D eigenvalue weighted by Crippen LogP contribution is 2.27. The van der Waals surface area contributed by atoms with Gasteiger partial charge >= 0.3 is 0 Å². The van der Waals surface area contributed by atoms with Gasteiger partial charge in [-0.2, -0.15) is 0 Å². The normalized spacial score (nSPS) is 27.6. The van der Waals surface area contributed by atoms with Crippen molar-refractivity contribution in [2.75, 3.05) is 0 Å². The molecule has 2 heteroatoms. The lowest BCUT2D eigenvalue weighted by Gasteiger charge is -2.27. The number of rotatable bonds is 3. The lowest BCUT2D eigenvalue weighted by atomic mass is 9.93. The molecule has 2 nitrogen and oxygen atoms in total. The summed E-state index contributed by atoms with van der Waals surface area (Å²) in [7, 11) is 0. The van der Waals surface area contributed by atoms with Crippen LogP contribution in [-0.4, -0.2) is 17.0 Å². The van der Waals surface area contributed by atoms with E-state index in [2.05, 4.69) is 12.1 Å². The van der Waals surface area contributed by atoms with E-state index in [1.54, 1.807) is 12.2 Å². The third kappa shape index (κ3) is 3.05. The number of hydrogen-bond acceptors (Lipinski definition) is 2. The van der Waals surface area contributed by atoms with Crippen molar-refractivity contribution < 1.29 is 9.84 Å². The number of aliphatic hydroxyl groups is 1. The van der Waals surface area contributed by atoms with Gasteiger partial charge in [0.1, 0.15) is 0 Å². The summed E-state index contributed by atoms with van der Waals surface area (Å²) >= 11 is 0. The molecule has 2 rings (SSSR count). The van der Waals surface area contributed by atoms with E-state index in [1.807, 2.05) is 44.2 Å². The van der Waals surface area contributed by atoms with Crippen molar-refractivity contribution in [3.8, 4) is 0 Å². The van der Waals surface area contributed by atoms with Gasteiger partial charge in [-0.05, 0) is 31.6 Å². The minimum absolute atomic E-state index is 0.0115. The molecule has 1 N–H and O–H groups in total. The molecule has 0 amide bonds. The predicted octanol–water partition coefficient (Wildman–Crippen LogP) is 3.01. The smallest absolute Gasteiger partial charge is 0.205 e. The van der Waals surface area contributed by atoms with Gasteiger partial charge in [0, 0.05) is 5.92 Å². The lowest BCUT2D eigenvalue weighted by Crippen LogP contribution is -2.32. The summed E-state index contributed by atoms with van der Waals surface area (Å²) in [6, 6.07) is 10.2. The summed E-state index contributed by atoms with van der Waals surface area (Å²) in [4.78, 5) is 0. The van der Waals surface area contributed by atoms with Crippen LogP contribution in [0.5, 0.6) is 0 Å². The van der Waals surface area contributed by atoms with Crippen molar-refractivity contribution in [2.45, 2.75) is 31.7 Å². The second-order valence-electron chi connectivity index (χ2n) is 4.57. The van der Waals surface area contributed by atoms with Gasteiger partial charge in [0.15, 0.2) is 0 Å². The zero-order valence-electron chi connectivity index (χ0n) is 10.2. The van der Waals surface area contributed by atoms with E-state index in [0.717, 1.165) is 0 Å². The number of hydrogen-bond donors (Lipinski definition) is 1. The second-order valence-corrected chi connectivity index (χ2v) is 4.57. The average molecular weight is 230 g/mol. The van der Waals surface area contributed by atoms with E-state index in [9.17, 15) is 5.11 Å². The molecule has 0 aromatic heterocycles. The maximum Gasteiger partial charge on any atom is 0.205 e. The molecule has 0 spiro atoms. The molecule has 1 aliphatic carbocycles. The third-order valence-corrected chi connectivity index (χ3v) is 2.69. The number of benzene rings is 1. The summed E-state index contributed by atoms with van der Waals surface area (Å²) in [5.41, 5.74) is 1.21. The Bertz CT molecular complexity index is 404. The number of allylic oxidation sites excluding steroid dienone is 2. The molecule has 0 fully saturated rings. The van der Waals surface area contributed by atoms with Crippen LogP contribution in [0.1, 0.15) is 25.3 Å². The summed E-state index contributed by atoms with van der Waals surface area (Å²) in [5, 5.41) is 10.1. The molecule has 0 heterocycles. The fourth-order valence-electron chi connectivity index (χ4n) is 1.96. The van der Waals surface area contributed by atoms with Gasteiger partial charge in [-0.15, -0.1) is 0 Å². The first-order chi connectivity index (χ1) is 8.09. The maximum atomic E-state index is 10.1. The van der Waals surface area contributed by atoms with Crippen LogP contribution in [0.3, 0.4) is 0 Å². The van der Waals surface area contributed by atoms with Crippen molar-refractivity contribution in [1.29, 1.82) is 0 Å². The minimum atomic E-state index is -1.25. The Morgan fingerprint density at radius 2 is 1.71 bits per heavy atom. The van der Waals surface area contributed by atoms with Crippen LogP contribution in [-0.2, 0) is 4.74 Å². The summed E-state index contributed by atoms with van der Waals surface area (Å²) in [6.07, 6.45) is 7.35. The standard InChI is InChI=1S/C15H18O2/c1-12(2)17-15(16)10-8-14(9-11-15)13-6-4-3-5-7-13/h3-12,14,16H,1-2H3. The molecular weight excluding hydrogens is 212 g/mol. The molecule has 1 aromatic carbocycles. The van der Waals surface area contributed by atoms with Crippen LogP contribution in [0.15, 0.2) is 54.6 Å². The van der Waals surface area contributed by atoms with Crippen molar-refractivity contribution >= 4 is 0 Å². The molecule has 1 aliphatic rings. The van der Waals surface area contributed by atoms with Crippen LogP contribution in [0, 0.1) is 0 Å². The first kappa shape index (κ1) is 12.1. The monoisotopic (exact) mass is 230 g/mol. The lowest BCUT2D eigenvalue weighted by molar-refractivity contribution is -0.155. The summed E-state index contributed by atoms with van der Waals surface area (Å²) in [6.45, 7) is 3.81. The zero-order chi connectivity index (χ0) is 12.3. The van der Waals surface area contributed by atoms with Crippen molar-refractivity contribution in [1.82, 2.24) is 0 Å². The van der Waals surface area contributed by atoms with E-state index in [4.69, 9.17) is 4.74 Å². The molecule has 0 atom stereocenters. The largest absolute Gasteiger partial charge is 0.359 e. The highest BCUT2D eigenvalue weighted by atomic mass is 16.6. The molecule has 0 saturated carbocycles. The van der Waals surface area contributed by atoms with Crippen LogP contribution < -0.4 is 0 Å². The van der Waals surface area contributed by atoms with E-state index in [1.165, 1.54) is 5.56 Å². The van der Waals surface area contributed by atoms with Crippen molar-refractivity contribution in [3.63, 3.8) is 0 Å². The molecule has 0 aliphatic heterocycles. The SMILES string of the molecule is CC(C)OC1(O)C=CC(c2ccccc2)C=C1. The van der Waals surface area contributed by atoms with E-state index in [0.29, 0.717) is 0 Å². The molecular formula is C15H18O2. The van der Waals surface area contributed by atoms with Gasteiger partial charge in [-0.25, -0.2) is 0 Å². The Hall–Kier alpha value is -1.38. The van der Waals surface area contributed by atoms with Gasteiger partial charge in [0.2, 0.25) is 5.79 Å². The van der Waals surface area contributed by atoms with Crippen LogP contribution in [0.25, 0.3) is 0 Å². The second kappa shape index (κ2) is 4.86. The molecule has 0 unspecified atom stereocenters. The van der Waals surface area contributed by atoms with Gasteiger partial charge < -0.3 is 9.84 Å². The van der Waals surface area contributed by atoms with Gasteiger partial charge in [0.05, 0.1) is 6.10 Å². The average Bonchev–Trinajstić information content (AvgIpc) is 2.29. The molecule has 0 radical (unpaired) electrons. The Morgan fingerprint density at radius 3 is 2.24 bits per heavy atom. The van der Waals surface area contributed by atoms with Crippen LogP contribution in [0.2, 0.25) is 0 Å². The molecule has 17 heavy (non-hydrogen) atoms. The summed E-state index contributed by atoms with van der Waals surface area (Å²) in [5.74, 6) is -1.04. The summed E-state index contributed by atoms with van der Waals surface area (Å²) < 4.78 is 5.44. The van der Waals surface area contributed by atoms with Crippen molar-refractivity contribution in [2.24, 2.45) is 0 Å². The quantitative estimate of drug-likeness (QED) is 0.639. The minimum Gasteiger partial charge on any atom is -0.359 e. The van der Waals surface area contributed by atoms with Crippen molar-refractivity contribution in [3.05, 3.63) is 60.2 Å². The molecule has 90 valence electrons. The first-order valence-corrected chi connectivity index (χ1v) is 5.93. The molecule has 1 aromatic rings.